The van der Waals surface area contributed by atoms with Crippen LogP contribution in [0.2, 0.25) is 0 Å². The Balaban J connectivity index is 1.93. The molecule has 4 nitrogen and oxygen atoms in total. The van der Waals surface area contributed by atoms with Crippen LogP contribution < -0.4 is 0 Å². The molecule has 0 spiro atoms. The average molecular weight is 232 g/mol. The van der Waals surface area contributed by atoms with Crippen molar-refractivity contribution in [2.75, 3.05) is 5.88 Å². The molecule has 2 bridgehead atoms. The summed E-state index contributed by atoms with van der Waals surface area (Å²) in [5, 5.41) is 0. The molecule has 2 aliphatic heterocycles. The van der Waals surface area contributed by atoms with E-state index in [0.29, 0.717) is 0 Å². The normalized spacial score (nSPS) is 33.9. The number of amides is 1. The van der Waals surface area contributed by atoms with E-state index in [1.54, 1.807) is 0 Å². The molecule has 2 aliphatic rings. The number of nitrogens with zero attached hydrogens (tertiary/aromatic N) is 1. The molecule has 5 heteroatoms. The van der Waals surface area contributed by atoms with Crippen LogP contribution in [0.25, 0.3) is 0 Å². The average Bonchev–Trinajstić information content (AvgIpc) is 2.49. The molecule has 0 aliphatic carbocycles. The van der Waals surface area contributed by atoms with E-state index in [1.807, 2.05) is 4.90 Å². The summed E-state index contributed by atoms with van der Waals surface area (Å²) in [6, 6.07) is 0.517. The lowest BCUT2D eigenvalue weighted by atomic mass is 10.0. The highest BCUT2D eigenvalue weighted by Crippen LogP contribution is 2.35. The van der Waals surface area contributed by atoms with Crippen LogP contribution in [0.1, 0.15) is 25.7 Å². The van der Waals surface area contributed by atoms with Gasteiger partial charge in [0.05, 0.1) is 0 Å². The molecule has 2 fully saturated rings. The topological polar surface area (TPSA) is 46.6 Å². The maximum Gasteiger partial charge on any atom is 0.321 e. The van der Waals surface area contributed by atoms with Crippen molar-refractivity contribution in [2.24, 2.45) is 0 Å². The lowest BCUT2D eigenvalue weighted by molar-refractivity contribution is -0.150. The number of ether oxygens (including phenoxy) is 1. The van der Waals surface area contributed by atoms with Gasteiger partial charge in [0.1, 0.15) is 12.0 Å². The lowest BCUT2D eigenvalue weighted by Crippen LogP contribution is -2.45. The molecule has 15 heavy (non-hydrogen) atoms. The Bertz CT molecular complexity index is 257. The summed E-state index contributed by atoms with van der Waals surface area (Å²) in [6.07, 6.45) is 4.44. The number of piperidine rings is 1. The van der Waals surface area contributed by atoms with Crippen LogP contribution in [0.4, 0.5) is 0 Å². The van der Waals surface area contributed by atoms with Gasteiger partial charge in [-0.2, -0.15) is 0 Å². The first kappa shape index (κ1) is 10.7. The van der Waals surface area contributed by atoms with E-state index in [1.165, 1.54) is 0 Å². The maximum atomic E-state index is 11.0. The van der Waals surface area contributed by atoms with Gasteiger partial charge in [0.15, 0.2) is 0 Å². The summed E-state index contributed by atoms with van der Waals surface area (Å²) < 4.78 is 5.20. The fraction of sp³-hybridized carbons (Fsp3) is 0.800. The molecular weight excluding hydrogens is 218 g/mol. The van der Waals surface area contributed by atoms with E-state index in [9.17, 15) is 9.59 Å². The predicted octanol–water partition coefficient (Wildman–Crippen LogP) is 0.920. The van der Waals surface area contributed by atoms with Crippen LogP contribution in [0.5, 0.6) is 0 Å². The molecular formula is C10H14ClNO3. The number of hydrogen-bond acceptors (Lipinski definition) is 3. The second-order valence-corrected chi connectivity index (χ2v) is 4.42. The van der Waals surface area contributed by atoms with Crippen LogP contribution in [0, 0.1) is 0 Å². The molecule has 2 atom stereocenters. The van der Waals surface area contributed by atoms with Gasteiger partial charge in [-0.25, -0.2) is 0 Å². The van der Waals surface area contributed by atoms with Crippen molar-refractivity contribution in [1.82, 2.24) is 4.90 Å². The van der Waals surface area contributed by atoms with Gasteiger partial charge in [0, 0.05) is 24.9 Å². The number of carbonyl (C=O) groups excluding carboxylic acids is 2. The minimum atomic E-state index is -0.361. The fourth-order valence-electron chi connectivity index (χ4n) is 2.65. The van der Waals surface area contributed by atoms with Crippen LogP contribution in [0.15, 0.2) is 0 Å². The quantitative estimate of drug-likeness (QED) is 0.412. The molecule has 0 radical (unpaired) electrons. The number of hydrogen-bond donors (Lipinski definition) is 0. The largest absolute Gasteiger partial charge is 0.461 e. The molecule has 2 rings (SSSR count). The van der Waals surface area contributed by atoms with E-state index in [2.05, 4.69) is 0 Å². The zero-order chi connectivity index (χ0) is 10.8. The molecule has 2 unspecified atom stereocenters. The SMILES string of the molecule is O=CN1C2CCC1CC(OC(=O)CCl)C2. The van der Waals surface area contributed by atoms with Crippen molar-refractivity contribution in [3.8, 4) is 0 Å². The highest BCUT2D eigenvalue weighted by Gasteiger charge is 2.41. The fourth-order valence-corrected chi connectivity index (χ4v) is 2.71. The highest BCUT2D eigenvalue weighted by atomic mass is 35.5. The van der Waals surface area contributed by atoms with Gasteiger partial charge < -0.3 is 9.64 Å². The van der Waals surface area contributed by atoms with E-state index >= 15 is 0 Å². The Kier molecular flexibility index (Phi) is 3.14. The van der Waals surface area contributed by atoms with Gasteiger partial charge in [-0.15, -0.1) is 11.6 Å². The molecule has 0 N–H and O–H groups in total. The van der Waals surface area contributed by atoms with E-state index < -0.39 is 0 Å². The summed E-state index contributed by atoms with van der Waals surface area (Å²) in [5.41, 5.74) is 0. The number of esters is 1. The number of rotatable bonds is 3. The predicted molar refractivity (Wildman–Crippen MR) is 54.5 cm³/mol. The molecule has 1 amide bonds. The first-order valence-corrected chi connectivity index (χ1v) is 5.76. The second kappa shape index (κ2) is 4.39. The Morgan fingerprint density at radius 2 is 2.00 bits per heavy atom. The highest BCUT2D eigenvalue weighted by molar-refractivity contribution is 6.26. The van der Waals surface area contributed by atoms with Gasteiger partial charge in [0.2, 0.25) is 6.41 Å². The third kappa shape index (κ3) is 2.09. The second-order valence-electron chi connectivity index (χ2n) is 4.15. The van der Waals surface area contributed by atoms with Crippen molar-refractivity contribution in [3.63, 3.8) is 0 Å². The monoisotopic (exact) mass is 231 g/mol. The van der Waals surface area contributed by atoms with Crippen molar-refractivity contribution in [2.45, 2.75) is 43.9 Å². The Morgan fingerprint density at radius 3 is 2.47 bits per heavy atom. The standard InChI is InChI=1S/C10H14ClNO3/c11-5-10(14)15-9-3-7-1-2-8(4-9)12(7)6-13/h6-9H,1-5H2. The van der Waals surface area contributed by atoms with E-state index in [-0.39, 0.29) is 30.0 Å². The third-order valence-corrected chi connectivity index (χ3v) is 3.49. The van der Waals surface area contributed by atoms with Crippen molar-refractivity contribution in [1.29, 1.82) is 0 Å². The van der Waals surface area contributed by atoms with Crippen molar-refractivity contribution < 1.29 is 14.3 Å². The smallest absolute Gasteiger partial charge is 0.321 e. The van der Waals surface area contributed by atoms with Crippen LogP contribution in [-0.4, -0.2) is 41.3 Å². The molecule has 0 aromatic carbocycles. The molecule has 0 aromatic rings. The van der Waals surface area contributed by atoms with Crippen LogP contribution >= 0.6 is 11.6 Å². The van der Waals surface area contributed by atoms with Gasteiger partial charge >= 0.3 is 5.97 Å². The summed E-state index contributed by atoms with van der Waals surface area (Å²) in [5.74, 6) is -0.455. The molecule has 0 aromatic heterocycles. The van der Waals surface area contributed by atoms with Crippen LogP contribution in [-0.2, 0) is 14.3 Å². The zero-order valence-electron chi connectivity index (χ0n) is 8.39. The van der Waals surface area contributed by atoms with Gasteiger partial charge in [-0.3, -0.25) is 9.59 Å². The number of carbonyl (C=O) groups is 2. The summed E-state index contributed by atoms with van der Waals surface area (Å²) >= 11 is 5.37. The number of fused-ring (bicyclic) bond motifs is 2. The first-order chi connectivity index (χ1) is 7.24. The van der Waals surface area contributed by atoms with Crippen molar-refractivity contribution in [3.05, 3.63) is 0 Å². The third-order valence-electron chi connectivity index (χ3n) is 3.28. The maximum absolute atomic E-state index is 11.0. The van der Waals surface area contributed by atoms with Gasteiger partial charge in [-0.05, 0) is 12.8 Å². The lowest BCUT2D eigenvalue weighted by Gasteiger charge is -2.35. The van der Waals surface area contributed by atoms with Crippen molar-refractivity contribution >= 4 is 24.0 Å². The minimum absolute atomic E-state index is 0.0510. The number of alkyl halides is 1. The first-order valence-electron chi connectivity index (χ1n) is 5.22. The van der Waals surface area contributed by atoms with E-state index in [0.717, 1.165) is 32.1 Å². The molecule has 84 valence electrons. The summed E-state index contributed by atoms with van der Waals surface area (Å²) in [7, 11) is 0. The Labute approximate surface area is 93.5 Å². The zero-order valence-corrected chi connectivity index (χ0v) is 9.15. The Hall–Kier alpha value is -0.770. The Morgan fingerprint density at radius 1 is 1.40 bits per heavy atom. The van der Waals surface area contributed by atoms with Gasteiger partial charge in [0.25, 0.3) is 0 Å². The summed E-state index contributed by atoms with van der Waals surface area (Å²) in [4.78, 5) is 23.7. The molecule has 2 saturated heterocycles. The van der Waals surface area contributed by atoms with Crippen LogP contribution in [0.3, 0.4) is 0 Å². The van der Waals surface area contributed by atoms with Gasteiger partial charge in [-0.1, -0.05) is 0 Å². The molecule has 2 heterocycles. The number of halogens is 1. The molecule has 0 saturated carbocycles. The summed E-state index contributed by atoms with van der Waals surface area (Å²) in [6.45, 7) is 0. The minimum Gasteiger partial charge on any atom is -0.461 e. The van der Waals surface area contributed by atoms with E-state index in [4.69, 9.17) is 16.3 Å².